The Hall–Kier alpha value is -1.74. The maximum Gasteiger partial charge on any atom is 0.0981 e. The van der Waals surface area contributed by atoms with Crippen LogP contribution < -0.4 is 10.6 Å². The van der Waals surface area contributed by atoms with Gasteiger partial charge in [0, 0.05) is 23.2 Å². The maximum absolute atomic E-state index is 5.26. The third kappa shape index (κ3) is 1.77. The molecule has 1 aromatic carbocycles. The molecule has 0 radical (unpaired) electrons. The highest BCUT2D eigenvalue weighted by Gasteiger charge is 2.34. The molecule has 4 rings (SSSR count). The zero-order valence-electron chi connectivity index (χ0n) is 10.9. The summed E-state index contributed by atoms with van der Waals surface area (Å²) in [5.41, 5.74) is 5.32. The molecule has 98 valence electrons. The van der Waals surface area contributed by atoms with Gasteiger partial charge in [-0.3, -0.25) is 0 Å². The topological polar surface area (TPSA) is 37.2 Å². The van der Waals surface area contributed by atoms with Crippen molar-refractivity contribution in [3.8, 4) is 11.1 Å². The highest BCUT2D eigenvalue weighted by atomic mass is 16.3. The lowest BCUT2D eigenvalue weighted by Crippen LogP contribution is -2.21. The van der Waals surface area contributed by atoms with E-state index in [4.69, 9.17) is 4.42 Å². The zero-order valence-corrected chi connectivity index (χ0v) is 10.9. The SMILES string of the molecule is c1cc2c(c(-c3ccoc3)c1)C1CCNCCC1N2. The van der Waals surface area contributed by atoms with Crippen LogP contribution in [0.25, 0.3) is 11.1 Å². The Labute approximate surface area is 113 Å². The van der Waals surface area contributed by atoms with E-state index >= 15 is 0 Å². The Kier molecular flexibility index (Phi) is 2.59. The number of fused-ring (bicyclic) bond motifs is 3. The molecule has 3 heterocycles. The number of benzene rings is 1. The number of rotatable bonds is 1. The highest BCUT2D eigenvalue weighted by molar-refractivity contribution is 5.77. The number of anilines is 1. The number of hydrogen-bond acceptors (Lipinski definition) is 3. The van der Waals surface area contributed by atoms with E-state index in [9.17, 15) is 0 Å². The summed E-state index contributed by atoms with van der Waals surface area (Å²) in [7, 11) is 0. The fraction of sp³-hybridized carbons (Fsp3) is 0.375. The van der Waals surface area contributed by atoms with Gasteiger partial charge in [0.25, 0.3) is 0 Å². The van der Waals surface area contributed by atoms with Gasteiger partial charge in [-0.15, -0.1) is 0 Å². The Bertz CT molecular complexity index is 576. The first-order chi connectivity index (χ1) is 9.43. The van der Waals surface area contributed by atoms with Crippen LogP contribution in [0.4, 0.5) is 5.69 Å². The molecule has 19 heavy (non-hydrogen) atoms. The van der Waals surface area contributed by atoms with Crippen molar-refractivity contribution in [1.82, 2.24) is 5.32 Å². The Morgan fingerprint density at radius 2 is 2.05 bits per heavy atom. The van der Waals surface area contributed by atoms with Gasteiger partial charge in [0.2, 0.25) is 0 Å². The predicted molar refractivity (Wildman–Crippen MR) is 76.4 cm³/mol. The van der Waals surface area contributed by atoms with Crippen molar-refractivity contribution in [2.45, 2.75) is 24.8 Å². The van der Waals surface area contributed by atoms with Crippen LogP contribution in [0.2, 0.25) is 0 Å². The second kappa shape index (κ2) is 4.42. The van der Waals surface area contributed by atoms with Gasteiger partial charge in [-0.05, 0) is 49.2 Å². The summed E-state index contributed by atoms with van der Waals surface area (Å²) in [6.07, 6.45) is 6.00. The summed E-state index contributed by atoms with van der Waals surface area (Å²) >= 11 is 0. The molecule has 1 saturated heterocycles. The second-order valence-corrected chi connectivity index (χ2v) is 5.46. The minimum Gasteiger partial charge on any atom is -0.472 e. The van der Waals surface area contributed by atoms with Gasteiger partial charge in [-0.25, -0.2) is 0 Å². The van der Waals surface area contributed by atoms with E-state index in [1.54, 1.807) is 6.26 Å². The molecule has 0 bridgehead atoms. The van der Waals surface area contributed by atoms with Gasteiger partial charge in [-0.1, -0.05) is 12.1 Å². The van der Waals surface area contributed by atoms with E-state index in [1.807, 2.05) is 6.26 Å². The van der Waals surface area contributed by atoms with Crippen LogP contribution in [0.15, 0.2) is 41.2 Å². The van der Waals surface area contributed by atoms with E-state index in [0.29, 0.717) is 12.0 Å². The number of furan rings is 1. The summed E-state index contributed by atoms with van der Waals surface area (Å²) in [5, 5.41) is 7.21. The lowest BCUT2D eigenvalue weighted by Gasteiger charge is -2.17. The van der Waals surface area contributed by atoms with Crippen molar-refractivity contribution in [2.24, 2.45) is 0 Å². The van der Waals surface area contributed by atoms with Crippen molar-refractivity contribution < 1.29 is 4.42 Å². The highest BCUT2D eigenvalue weighted by Crippen LogP contribution is 2.45. The van der Waals surface area contributed by atoms with Crippen molar-refractivity contribution in [1.29, 1.82) is 0 Å². The molecule has 0 amide bonds. The first-order valence-corrected chi connectivity index (χ1v) is 7.06. The van der Waals surface area contributed by atoms with Gasteiger partial charge in [0.15, 0.2) is 0 Å². The third-order valence-corrected chi connectivity index (χ3v) is 4.40. The lowest BCUT2D eigenvalue weighted by molar-refractivity contribution is 0.567. The molecule has 2 atom stereocenters. The first-order valence-electron chi connectivity index (χ1n) is 7.06. The Morgan fingerprint density at radius 3 is 2.95 bits per heavy atom. The summed E-state index contributed by atoms with van der Waals surface area (Å²) in [4.78, 5) is 0. The van der Waals surface area contributed by atoms with Gasteiger partial charge in [-0.2, -0.15) is 0 Å². The predicted octanol–water partition coefficient (Wildman–Crippen LogP) is 3.21. The van der Waals surface area contributed by atoms with Crippen molar-refractivity contribution in [3.05, 3.63) is 42.4 Å². The molecule has 3 heteroatoms. The van der Waals surface area contributed by atoms with E-state index in [-0.39, 0.29) is 0 Å². The van der Waals surface area contributed by atoms with Crippen LogP contribution in [0.1, 0.15) is 24.3 Å². The fourth-order valence-corrected chi connectivity index (χ4v) is 3.52. The minimum atomic E-state index is 0.582. The molecule has 0 saturated carbocycles. The van der Waals surface area contributed by atoms with Gasteiger partial charge in [0.1, 0.15) is 0 Å². The minimum absolute atomic E-state index is 0.582. The molecule has 2 N–H and O–H groups in total. The number of nitrogens with one attached hydrogen (secondary N) is 2. The van der Waals surface area contributed by atoms with Crippen LogP contribution in [0.3, 0.4) is 0 Å². The average Bonchev–Trinajstić information content (AvgIpc) is 3.02. The summed E-state index contributed by atoms with van der Waals surface area (Å²) in [6.45, 7) is 2.23. The molecule has 2 aliphatic heterocycles. The molecule has 0 aliphatic carbocycles. The molecule has 1 aromatic heterocycles. The molecular formula is C16H18N2O. The quantitative estimate of drug-likeness (QED) is 0.820. The van der Waals surface area contributed by atoms with E-state index in [1.165, 1.54) is 35.2 Å². The van der Waals surface area contributed by atoms with E-state index in [2.05, 4.69) is 34.9 Å². The van der Waals surface area contributed by atoms with E-state index < -0.39 is 0 Å². The molecule has 1 fully saturated rings. The molecule has 2 unspecified atom stereocenters. The largest absolute Gasteiger partial charge is 0.472 e. The average molecular weight is 254 g/mol. The second-order valence-electron chi connectivity index (χ2n) is 5.46. The first kappa shape index (κ1) is 11.1. The molecule has 2 aromatic rings. The van der Waals surface area contributed by atoms with Crippen LogP contribution in [-0.2, 0) is 0 Å². The summed E-state index contributed by atoms with van der Waals surface area (Å²) < 4.78 is 5.26. The summed E-state index contributed by atoms with van der Waals surface area (Å²) in [5.74, 6) is 0.621. The van der Waals surface area contributed by atoms with Crippen molar-refractivity contribution >= 4 is 5.69 Å². The molecule has 3 nitrogen and oxygen atoms in total. The van der Waals surface area contributed by atoms with Crippen LogP contribution >= 0.6 is 0 Å². The van der Waals surface area contributed by atoms with Crippen molar-refractivity contribution in [3.63, 3.8) is 0 Å². The van der Waals surface area contributed by atoms with Gasteiger partial charge >= 0.3 is 0 Å². The molecule has 2 aliphatic rings. The smallest absolute Gasteiger partial charge is 0.0981 e. The summed E-state index contributed by atoms with van der Waals surface area (Å²) in [6, 6.07) is 9.20. The maximum atomic E-state index is 5.26. The zero-order chi connectivity index (χ0) is 12.7. The Morgan fingerprint density at radius 1 is 1.11 bits per heavy atom. The monoisotopic (exact) mass is 254 g/mol. The lowest BCUT2D eigenvalue weighted by atomic mass is 9.86. The van der Waals surface area contributed by atoms with Crippen LogP contribution in [-0.4, -0.2) is 19.1 Å². The molecular weight excluding hydrogens is 236 g/mol. The van der Waals surface area contributed by atoms with E-state index in [0.717, 1.165) is 13.1 Å². The fourth-order valence-electron chi connectivity index (χ4n) is 3.52. The van der Waals surface area contributed by atoms with Gasteiger partial charge < -0.3 is 15.1 Å². The number of hydrogen-bond donors (Lipinski definition) is 2. The normalized spacial score (nSPS) is 25.3. The van der Waals surface area contributed by atoms with Gasteiger partial charge in [0.05, 0.1) is 12.5 Å². The van der Waals surface area contributed by atoms with Crippen LogP contribution in [0.5, 0.6) is 0 Å². The molecule has 0 spiro atoms. The Balaban J connectivity index is 1.83. The standard InChI is InChI=1S/C16H18N2O/c1-2-12(11-6-9-19-10-11)16-13-4-7-17-8-5-14(13)18-15(16)3-1/h1-3,6,9-10,13-14,17-18H,4-5,7-8H2. The third-order valence-electron chi connectivity index (χ3n) is 4.40. The van der Waals surface area contributed by atoms with Crippen molar-refractivity contribution in [2.75, 3.05) is 18.4 Å². The van der Waals surface area contributed by atoms with Crippen LogP contribution in [0, 0.1) is 0 Å².